The highest BCUT2D eigenvalue weighted by Crippen LogP contribution is 2.34. The van der Waals surface area contributed by atoms with E-state index in [-0.39, 0.29) is 17.7 Å². The molecule has 2 aromatic heterocycles. The molecule has 12 heteroatoms. The van der Waals surface area contributed by atoms with E-state index in [9.17, 15) is 24.4 Å². The number of carbonyl (C=O) groups excluding carboxylic acids is 4. The van der Waals surface area contributed by atoms with Crippen LogP contribution in [0.1, 0.15) is 88.5 Å². The number of hydroxylamine groups is 2. The third-order valence-corrected chi connectivity index (χ3v) is 8.64. The van der Waals surface area contributed by atoms with Crippen molar-refractivity contribution in [3.05, 3.63) is 41.7 Å². The van der Waals surface area contributed by atoms with E-state index in [1.54, 1.807) is 36.0 Å². The van der Waals surface area contributed by atoms with E-state index in [2.05, 4.69) is 32.8 Å². The molecule has 0 saturated heterocycles. The maximum Gasteiger partial charge on any atom is 0.269 e. The Labute approximate surface area is 251 Å². The van der Waals surface area contributed by atoms with Crippen molar-refractivity contribution in [2.75, 3.05) is 11.9 Å². The van der Waals surface area contributed by atoms with Gasteiger partial charge in [-0.25, -0.2) is 10.0 Å². The van der Waals surface area contributed by atoms with Crippen LogP contribution in [0.4, 0.5) is 5.13 Å². The molecule has 1 aliphatic rings. The number of amides is 4. The molecular formula is C30H44N6O5S. The van der Waals surface area contributed by atoms with Gasteiger partial charge >= 0.3 is 0 Å². The molecular weight excluding hydrogens is 556 g/mol. The lowest BCUT2D eigenvalue weighted by Gasteiger charge is -2.35. The summed E-state index contributed by atoms with van der Waals surface area (Å²) in [5.41, 5.74) is 0.332. The predicted octanol–water partition coefficient (Wildman–Crippen LogP) is 4.41. The summed E-state index contributed by atoms with van der Waals surface area (Å²) in [6, 6.07) is 3.58. The van der Waals surface area contributed by atoms with Gasteiger partial charge in [0.2, 0.25) is 18.2 Å². The molecule has 4 amide bonds. The zero-order valence-corrected chi connectivity index (χ0v) is 25.4. The largest absolute Gasteiger partial charge is 0.351 e. The van der Waals surface area contributed by atoms with Crippen LogP contribution in [0, 0.1) is 17.8 Å². The van der Waals surface area contributed by atoms with Crippen molar-refractivity contribution in [2.24, 2.45) is 17.8 Å². The van der Waals surface area contributed by atoms with Gasteiger partial charge in [0, 0.05) is 24.3 Å². The Kier molecular flexibility index (Phi) is 13.8. The predicted molar refractivity (Wildman–Crippen MR) is 161 cm³/mol. The Hall–Kier alpha value is -3.38. The first-order valence-electron chi connectivity index (χ1n) is 14.9. The molecule has 42 heavy (non-hydrogen) atoms. The number of rotatable bonds is 17. The van der Waals surface area contributed by atoms with Gasteiger partial charge in [0.1, 0.15) is 11.7 Å². The minimum absolute atomic E-state index is 0.271. The SMILES string of the molecule is CCC[C@@H]([C@@H](CC1CCC(C)CC1)C(=O)N[C@@H](CCCCNC(=O)c1ccccn1)C(=O)Nc1nccs1)N(O)C=O. The number of nitrogens with zero attached hydrogens (tertiary/aromatic N) is 3. The summed E-state index contributed by atoms with van der Waals surface area (Å²) in [6.45, 7) is 4.57. The highest BCUT2D eigenvalue weighted by atomic mass is 32.1. The molecule has 11 nitrogen and oxygen atoms in total. The normalized spacial score (nSPS) is 18.7. The average molecular weight is 601 g/mol. The van der Waals surface area contributed by atoms with Gasteiger partial charge in [-0.2, -0.15) is 0 Å². The second-order valence-electron chi connectivity index (χ2n) is 11.2. The van der Waals surface area contributed by atoms with Gasteiger partial charge in [-0.3, -0.25) is 29.4 Å². The average Bonchev–Trinajstić information content (AvgIpc) is 3.52. The maximum atomic E-state index is 13.8. The van der Waals surface area contributed by atoms with Crippen molar-refractivity contribution in [1.29, 1.82) is 0 Å². The molecule has 1 aliphatic carbocycles. The quantitative estimate of drug-likeness (QED) is 0.0908. The molecule has 3 rings (SSSR count). The summed E-state index contributed by atoms with van der Waals surface area (Å²) in [5.74, 6) is -0.710. The van der Waals surface area contributed by atoms with Crippen molar-refractivity contribution in [1.82, 2.24) is 25.7 Å². The third kappa shape index (κ3) is 10.5. The minimum Gasteiger partial charge on any atom is -0.351 e. The van der Waals surface area contributed by atoms with Crippen LogP contribution in [-0.4, -0.2) is 63.0 Å². The Bertz CT molecular complexity index is 1110. The molecule has 0 spiro atoms. The van der Waals surface area contributed by atoms with Crippen LogP contribution in [0.3, 0.4) is 0 Å². The van der Waals surface area contributed by atoms with Crippen LogP contribution in [0.5, 0.6) is 0 Å². The summed E-state index contributed by atoms with van der Waals surface area (Å²) >= 11 is 1.28. The van der Waals surface area contributed by atoms with E-state index in [4.69, 9.17) is 0 Å². The molecule has 4 N–H and O–H groups in total. The summed E-state index contributed by atoms with van der Waals surface area (Å²) in [5, 5.41) is 21.8. The second kappa shape index (κ2) is 17.5. The molecule has 0 aromatic carbocycles. The van der Waals surface area contributed by atoms with Crippen molar-refractivity contribution >= 4 is 40.6 Å². The first kappa shape index (κ1) is 33.1. The smallest absolute Gasteiger partial charge is 0.269 e. The number of nitrogens with one attached hydrogen (secondary N) is 3. The molecule has 3 atom stereocenters. The lowest BCUT2D eigenvalue weighted by molar-refractivity contribution is -0.170. The van der Waals surface area contributed by atoms with E-state index in [0.29, 0.717) is 79.2 Å². The summed E-state index contributed by atoms with van der Waals surface area (Å²) in [7, 11) is 0. The van der Waals surface area contributed by atoms with Crippen molar-refractivity contribution in [2.45, 2.75) is 90.1 Å². The Balaban J connectivity index is 1.68. The van der Waals surface area contributed by atoms with E-state index < -0.39 is 18.0 Å². The lowest BCUT2D eigenvalue weighted by atomic mass is 9.76. The Morgan fingerprint density at radius 2 is 1.88 bits per heavy atom. The van der Waals surface area contributed by atoms with E-state index in [1.807, 2.05) is 6.92 Å². The van der Waals surface area contributed by atoms with Gasteiger partial charge in [0.25, 0.3) is 5.91 Å². The third-order valence-electron chi connectivity index (χ3n) is 7.95. The van der Waals surface area contributed by atoms with Crippen LogP contribution >= 0.6 is 11.3 Å². The summed E-state index contributed by atoms with van der Waals surface area (Å²) in [4.78, 5) is 59.1. The molecule has 2 heterocycles. The fourth-order valence-electron chi connectivity index (χ4n) is 5.54. The van der Waals surface area contributed by atoms with E-state index in [1.165, 1.54) is 11.3 Å². The maximum absolute atomic E-state index is 13.8. The van der Waals surface area contributed by atoms with Gasteiger partial charge in [0.15, 0.2) is 5.13 Å². The number of anilines is 1. The number of carbonyl (C=O) groups is 4. The highest BCUT2D eigenvalue weighted by molar-refractivity contribution is 7.13. The number of pyridine rings is 1. The van der Waals surface area contributed by atoms with Gasteiger partial charge in [-0.15, -0.1) is 11.3 Å². The number of unbranched alkanes of at least 4 members (excludes halogenated alkanes) is 1. The van der Waals surface area contributed by atoms with E-state index in [0.717, 1.165) is 25.7 Å². The lowest BCUT2D eigenvalue weighted by Crippen LogP contribution is -2.51. The monoisotopic (exact) mass is 600 g/mol. The second-order valence-corrected chi connectivity index (χ2v) is 12.1. The molecule has 0 aliphatic heterocycles. The van der Waals surface area contributed by atoms with Crippen LogP contribution in [0.2, 0.25) is 0 Å². The van der Waals surface area contributed by atoms with Crippen LogP contribution in [0.15, 0.2) is 36.0 Å². The molecule has 1 fully saturated rings. The molecule has 230 valence electrons. The number of hydrogen-bond donors (Lipinski definition) is 4. The van der Waals surface area contributed by atoms with Gasteiger partial charge < -0.3 is 16.0 Å². The fourth-order valence-corrected chi connectivity index (χ4v) is 6.07. The molecule has 0 unspecified atom stereocenters. The van der Waals surface area contributed by atoms with Crippen LogP contribution in [-0.2, 0) is 14.4 Å². The highest BCUT2D eigenvalue weighted by Gasteiger charge is 2.36. The topological polar surface area (TPSA) is 154 Å². The summed E-state index contributed by atoms with van der Waals surface area (Å²) < 4.78 is 0. The van der Waals surface area contributed by atoms with Gasteiger partial charge in [0.05, 0.1) is 12.0 Å². The molecule has 1 saturated carbocycles. The standard InChI is InChI=1S/C30H44N6O5S/c1-3-8-26(36(41)20-37)23(19-22-13-11-21(2)12-14-22)27(38)34-25(29(40)35-30-33-17-18-42-30)10-5-7-16-32-28(39)24-9-4-6-15-31-24/h4,6,9,15,17-18,20-23,25-26,41H,3,5,7-8,10-14,16,19H2,1-2H3,(H,32,39)(H,34,38)(H,33,35,40)/t21?,22?,23-,25+,26+/m1/s1. The Morgan fingerprint density at radius 3 is 2.52 bits per heavy atom. The minimum atomic E-state index is -0.854. The van der Waals surface area contributed by atoms with Gasteiger partial charge in [-0.05, 0) is 56.1 Å². The Morgan fingerprint density at radius 1 is 1.10 bits per heavy atom. The molecule has 2 aromatic rings. The summed E-state index contributed by atoms with van der Waals surface area (Å²) in [6.07, 6.45) is 10.8. The van der Waals surface area contributed by atoms with E-state index >= 15 is 0 Å². The zero-order valence-electron chi connectivity index (χ0n) is 24.5. The number of hydrogen-bond acceptors (Lipinski definition) is 8. The van der Waals surface area contributed by atoms with Gasteiger partial charge in [-0.1, -0.05) is 52.0 Å². The zero-order chi connectivity index (χ0) is 30.3. The van der Waals surface area contributed by atoms with Crippen LogP contribution in [0.25, 0.3) is 0 Å². The van der Waals surface area contributed by atoms with Crippen molar-refractivity contribution in [3.63, 3.8) is 0 Å². The first-order chi connectivity index (χ1) is 20.3. The van der Waals surface area contributed by atoms with Crippen molar-refractivity contribution < 1.29 is 24.4 Å². The fraction of sp³-hybridized carbons (Fsp3) is 0.600. The molecule has 0 bridgehead atoms. The number of aromatic nitrogens is 2. The number of thiazole rings is 1. The molecule has 0 radical (unpaired) electrons. The first-order valence-corrected chi connectivity index (χ1v) is 15.8. The van der Waals surface area contributed by atoms with Crippen molar-refractivity contribution in [3.8, 4) is 0 Å². The van der Waals surface area contributed by atoms with Crippen LogP contribution < -0.4 is 16.0 Å².